The highest BCUT2D eigenvalue weighted by Crippen LogP contribution is 2.44. The van der Waals surface area contributed by atoms with Crippen molar-refractivity contribution >= 4 is 11.8 Å². The van der Waals surface area contributed by atoms with Gasteiger partial charge in [-0.25, -0.2) is 0 Å². The van der Waals surface area contributed by atoms with Crippen LogP contribution in [-0.4, -0.2) is 5.88 Å². The zero-order chi connectivity index (χ0) is 10.3. The smallest absolute Gasteiger partial charge is 0.0652 e. The van der Waals surface area contributed by atoms with Crippen molar-refractivity contribution in [3.63, 3.8) is 0 Å². The van der Waals surface area contributed by atoms with E-state index in [2.05, 4.69) is 46.9 Å². The summed E-state index contributed by atoms with van der Waals surface area (Å²) in [6, 6.07) is 0. The van der Waals surface area contributed by atoms with Crippen molar-refractivity contribution in [3.05, 3.63) is 10.6 Å². The summed E-state index contributed by atoms with van der Waals surface area (Å²) in [6.07, 6.45) is 0. The molecule has 1 nitrogen and oxygen atoms in total. The van der Waals surface area contributed by atoms with Gasteiger partial charge in [0.15, 0.2) is 0 Å². The largest absolute Gasteiger partial charge is 0.378 e. The molecule has 0 aromatic carbocycles. The summed E-state index contributed by atoms with van der Waals surface area (Å²) in [6.45, 7) is 13.7. The van der Waals surface area contributed by atoms with Crippen LogP contribution in [0.15, 0.2) is 10.6 Å². The van der Waals surface area contributed by atoms with E-state index in [1.807, 2.05) is 11.8 Å². The molecule has 0 aromatic rings. The molecule has 0 aromatic heterocycles. The molecule has 1 aliphatic rings. The highest BCUT2D eigenvalue weighted by Gasteiger charge is 2.31. The first kappa shape index (κ1) is 11.0. The van der Waals surface area contributed by atoms with Crippen molar-refractivity contribution in [1.82, 2.24) is 5.32 Å². The quantitative estimate of drug-likeness (QED) is 0.640. The van der Waals surface area contributed by atoms with E-state index in [4.69, 9.17) is 0 Å². The van der Waals surface area contributed by atoms with Gasteiger partial charge in [-0.15, -0.1) is 11.8 Å². The average molecular weight is 199 g/mol. The second-order valence-corrected chi connectivity index (χ2v) is 6.66. The van der Waals surface area contributed by atoms with Crippen LogP contribution in [0.3, 0.4) is 0 Å². The van der Waals surface area contributed by atoms with E-state index in [1.54, 1.807) is 0 Å². The third-order valence-corrected chi connectivity index (χ3v) is 3.52. The fourth-order valence-electron chi connectivity index (χ4n) is 1.53. The van der Waals surface area contributed by atoms with E-state index in [-0.39, 0.29) is 10.8 Å². The molecular weight excluding hydrogens is 178 g/mol. The molecule has 76 valence electrons. The molecule has 0 bridgehead atoms. The Kier molecular flexibility index (Phi) is 2.73. The molecule has 0 amide bonds. The van der Waals surface area contributed by atoms with E-state index in [0.29, 0.717) is 0 Å². The Morgan fingerprint density at radius 3 is 1.85 bits per heavy atom. The third kappa shape index (κ3) is 2.43. The first-order valence-corrected chi connectivity index (χ1v) is 5.83. The van der Waals surface area contributed by atoms with Gasteiger partial charge in [0.25, 0.3) is 0 Å². The number of allylic oxidation sites excluding steroid dienone is 2. The molecule has 0 radical (unpaired) electrons. The maximum atomic E-state index is 3.50. The predicted octanol–water partition coefficient (Wildman–Crippen LogP) is 3.58. The first-order chi connectivity index (χ1) is 5.73. The van der Waals surface area contributed by atoms with Crippen molar-refractivity contribution in [2.24, 2.45) is 10.8 Å². The molecule has 1 N–H and O–H groups in total. The summed E-state index contributed by atoms with van der Waals surface area (Å²) >= 11 is 1.95. The molecule has 0 atom stereocenters. The summed E-state index contributed by atoms with van der Waals surface area (Å²) in [4.78, 5) is 1.53. The predicted molar refractivity (Wildman–Crippen MR) is 61.5 cm³/mol. The van der Waals surface area contributed by atoms with Gasteiger partial charge in [-0.2, -0.15) is 0 Å². The molecule has 0 saturated heterocycles. The molecule has 0 fully saturated rings. The van der Waals surface area contributed by atoms with Crippen molar-refractivity contribution < 1.29 is 0 Å². The second-order valence-electron chi connectivity index (χ2n) is 5.67. The van der Waals surface area contributed by atoms with Gasteiger partial charge in [0.05, 0.1) is 5.88 Å². The minimum absolute atomic E-state index is 0.256. The van der Waals surface area contributed by atoms with E-state index in [0.717, 1.165) is 5.88 Å². The first-order valence-electron chi connectivity index (χ1n) is 4.85. The lowest BCUT2D eigenvalue weighted by molar-refractivity contribution is 0.444. The Balaban J connectivity index is 3.04. The number of hydrogen-bond donors (Lipinski definition) is 1. The maximum absolute atomic E-state index is 3.50. The lowest BCUT2D eigenvalue weighted by Crippen LogP contribution is -2.23. The third-order valence-electron chi connectivity index (χ3n) is 2.12. The maximum Gasteiger partial charge on any atom is 0.0652 e. The molecule has 1 aliphatic heterocycles. The van der Waals surface area contributed by atoms with Gasteiger partial charge in [0.1, 0.15) is 0 Å². The summed E-state index contributed by atoms with van der Waals surface area (Å²) in [5.41, 5.74) is 1.98. The van der Waals surface area contributed by atoms with Gasteiger partial charge < -0.3 is 5.32 Å². The Bertz CT molecular complexity index is 203. The van der Waals surface area contributed by atoms with Gasteiger partial charge >= 0.3 is 0 Å². The standard InChI is InChI=1S/C11H21NS/c1-10(2,3)8-9(11(4,5)6)13-7-12-8/h12H,7H2,1-6H3. The van der Waals surface area contributed by atoms with Crippen LogP contribution in [0.2, 0.25) is 0 Å². The Morgan fingerprint density at radius 2 is 1.54 bits per heavy atom. The Morgan fingerprint density at radius 1 is 1.00 bits per heavy atom. The molecule has 2 heteroatoms. The van der Waals surface area contributed by atoms with Crippen LogP contribution in [0, 0.1) is 10.8 Å². The van der Waals surface area contributed by atoms with E-state index in [1.165, 1.54) is 10.6 Å². The SMILES string of the molecule is CC(C)(C)C1=C(C(C)(C)C)SCN1. The van der Waals surface area contributed by atoms with Crippen molar-refractivity contribution in [2.45, 2.75) is 41.5 Å². The van der Waals surface area contributed by atoms with Crippen LogP contribution >= 0.6 is 11.8 Å². The van der Waals surface area contributed by atoms with Crippen molar-refractivity contribution in [2.75, 3.05) is 5.88 Å². The van der Waals surface area contributed by atoms with Crippen LogP contribution in [0.5, 0.6) is 0 Å². The highest BCUT2D eigenvalue weighted by atomic mass is 32.2. The van der Waals surface area contributed by atoms with Gasteiger partial charge in [-0.1, -0.05) is 41.5 Å². The van der Waals surface area contributed by atoms with Gasteiger partial charge in [-0.3, -0.25) is 0 Å². The van der Waals surface area contributed by atoms with E-state index in [9.17, 15) is 0 Å². The van der Waals surface area contributed by atoms with E-state index >= 15 is 0 Å². The average Bonchev–Trinajstić information content (AvgIpc) is 2.27. The normalized spacial score (nSPS) is 19.2. The van der Waals surface area contributed by atoms with Crippen LogP contribution in [0.4, 0.5) is 0 Å². The summed E-state index contributed by atoms with van der Waals surface area (Å²) in [5.74, 6) is 1.04. The zero-order valence-corrected chi connectivity index (χ0v) is 10.4. The summed E-state index contributed by atoms with van der Waals surface area (Å²) < 4.78 is 0. The second kappa shape index (κ2) is 3.23. The van der Waals surface area contributed by atoms with Crippen LogP contribution in [0.25, 0.3) is 0 Å². The van der Waals surface area contributed by atoms with Crippen LogP contribution < -0.4 is 5.32 Å². The molecule has 0 saturated carbocycles. The van der Waals surface area contributed by atoms with E-state index < -0.39 is 0 Å². The van der Waals surface area contributed by atoms with Crippen LogP contribution in [-0.2, 0) is 0 Å². The van der Waals surface area contributed by atoms with Crippen molar-refractivity contribution in [1.29, 1.82) is 0 Å². The molecule has 0 aliphatic carbocycles. The minimum Gasteiger partial charge on any atom is -0.378 e. The topological polar surface area (TPSA) is 12.0 Å². The number of rotatable bonds is 0. The Hall–Kier alpha value is -0.110. The van der Waals surface area contributed by atoms with Gasteiger partial charge in [0.2, 0.25) is 0 Å². The number of hydrogen-bond acceptors (Lipinski definition) is 2. The van der Waals surface area contributed by atoms with Gasteiger partial charge in [0, 0.05) is 16.0 Å². The number of thioether (sulfide) groups is 1. The van der Waals surface area contributed by atoms with Gasteiger partial charge in [-0.05, 0) is 5.41 Å². The lowest BCUT2D eigenvalue weighted by atomic mass is 9.85. The molecule has 1 rings (SSSR count). The minimum atomic E-state index is 0.256. The van der Waals surface area contributed by atoms with Crippen molar-refractivity contribution in [3.8, 4) is 0 Å². The fourth-order valence-corrected chi connectivity index (χ4v) is 2.85. The Labute approximate surface area is 86.4 Å². The molecule has 13 heavy (non-hydrogen) atoms. The highest BCUT2D eigenvalue weighted by molar-refractivity contribution is 8.03. The fraction of sp³-hybridized carbons (Fsp3) is 0.818. The summed E-state index contributed by atoms with van der Waals surface area (Å²) in [7, 11) is 0. The molecule has 0 unspecified atom stereocenters. The molecule has 1 heterocycles. The molecule has 0 spiro atoms. The molecular formula is C11H21NS. The monoisotopic (exact) mass is 199 g/mol. The summed E-state index contributed by atoms with van der Waals surface area (Å²) in [5, 5.41) is 3.50. The number of nitrogens with one attached hydrogen (secondary N) is 1. The lowest BCUT2D eigenvalue weighted by Gasteiger charge is -2.27. The zero-order valence-electron chi connectivity index (χ0n) is 9.62. The van der Waals surface area contributed by atoms with Crippen LogP contribution in [0.1, 0.15) is 41.5 Å².